The quantitative estimate of drug-likeness (QED) is 0.0850. The molecule has 0 aliphatic carbocycles. The van der Waals surface area contributed by atoms with Gasteiger partial charge < -0.3 is 5.32 Å². The van der Waals surface area contributed by atoms with Gasteiger partial charge in [0.05, 0.1) is 0 Å². The minimum Gasteiger partial charge on any atom is -0.323 e. The molecule has 0 aromatic rings. The van der Waals surface area contributed by atoms with Crippen LogP contribution in [-0.4, -0.2) is 32.1 Å². The van der Waals surface area contributed by atoms with Gasteiger partial charge >= 0.3 is 0 Å². The lowest BCUT2D eigenvalue weighted by Gasteiger charge is -2.22. The largest absolute Gasteiger partial charge is 0.323 e. The van der Waals surface area contributed by atoms with Gasteiger partial charge in [0.2, 0.25) is 5.00 Å². The summed E-state index contributed by atoms with van der Waals surface area (Å²) in [7, 11) is -0.903. The zero-order chi connectivity index (χ0) is 27.4. The molecule has 0 saturated carbocycles. The molecule has 0 saturated heterocycles. The Labute approximate surface area is 226 Å². The topological polar surface area (TPSA) is 66.4 Å². The summed E-state index contributed by atoms with van der Waals surface area (Å²) >= 11 is 0. The minimum atomic E-state index is -4.65. The van der Waals surface area contributed by atoms with Crippen LogP contribution in [0.5, 0.6) is 0 Å². The Morgan fingerprint density at radius 2 is 0.722 bits per heavy atom. The molecule has 0 fully saturated rings. The summed E-state index contributed by atoms with van der Waals surface area (Å²) in [5.74, 6) is 0. The van der Waals surface area contributed by atoms with Gasteiger partial charge in [0.25, 0.3) is 10.1 Å². The third-order valence-electron chi connectivity index (χ3n) is 7.02. The summed E-state index contributed by atoms with van der Waals surface area (Å²) in [6.07, 6.45) is 26.7. The van der Waals surface area contributed by atoms with Crippen molar-refractivity contribution in [1.29, 1.82) is 0 Å². The number of hydrogen-bond acceptors (Lipinski definition) is 3. The fourth-order valence-electron chi connectivity index (χ4n) is 4.67. The lowest BCUT2D eigenvalue weighted by molar-refractivity contribution is 0.203. The van der Waals surface area contributed by atoms with Gasteiger partial charge in [-0.25, -0.2) is 4.39 Å². The molecule has 0 aliphatic heterocycles. The van der Waals surface area contributed by atoms with Crippen molar-refractivity contribution in [1.82, 2.24) is 5.32 Å². The van der Waals surface area contributed by atoms with Crippen LogP contribution in [0.1, 0.15) is 174 Å². The first-order chi connectivity index (χ1) is 17.3. The summed E-state index contributed by atoms with van der Waals surface area (Å²) in [6.45, 7) is 4.43. The Morgan fingerprint density at radius 1 is 0.528 bits per heavy atom. The molecule has 2 N–H and O–H groups in total. The highest BCUT2D eigenvalue weighted by Crippen LogP contribution is 2.32. The first-order valence-electron chi connectivity index (χ1n) is 15.5. The molecule has 0 rings (SSSR count). The third kappa shape index (κ3) is 25.4. The first kappa shape index (κ1) is 37.9. The Kier molecular flexibility index (Phi) is 29.3. The van der Waals surface area contributed by atoms with Gasteiger partial charge in [0.15, 0.2) is 0 Å². The monoisotopic (exact) mass is 537 g/mol. The van der Waals surface area contributed by atoms with E-state index in [9.17, 15) is 17.4 Å². The minimum absolute atomic E-state index is 0.0693. The molecule has 4 nitrogen and oxygen atoms in total. The fraction of sp³-hybridized carbons (Fsp3) is 1.00. The van der Waals surface area contributed by atoms with Crippen LogP contribution in [0.4, 0.5) is 4.39 Å². The van der Waals surface area contributed by atoms with E-state index in [1.807, 2.05) is 14.1 Å². The van der Waals surface area contributed by atoms with Crippen molar-refractivity contribution in [2.45, 2.75) is 179 Å². The van der Waals surface area contributed by atoms with E-state index in [4.69, 9.17) is 0 Å². The maximum atomic E-state index is 15.0. The van der Waals surface area contributed by atoms with Crippen LogP contribution in [0.2, 0.25) is 0 Å². The highest BCUT2D eigenvalue weighted by molar-refractivity contribution is 7.87. The molecule has 0 aromatic carbocycles. The maximum absolute atomic E-state index is 15.0. The van der Waals surface area contributed by atoms with Crippen LogP contribution >= 0.6 is 0 Å². The van der Waals surface area contributed by atoms with Crippen molar-refractivity contribution < 1.29 is 17.4 Å². The number of alkyl halides is 1. The van der Waals surface area contributed by atoms with Crippen molar-refractivity contribution >= 4 is 10.1 Å². The second-order valence-electron chi connectivity index (χ2n) is 10.8. The molecule has 6 heteroatoms. The smallest absolute Gasteiger partial charge is 0.300 e. The van der Waals surface area contributed by atoms with Crippen molar-refractivity contribution in [2.24, 2.45) is 0 Å². The van der Waals surface area contributed by atoms with E-state index in [0.717, 1.165) is 38.5 Å². The van der Waals surface area contributed by atoms with Gasteiger partial charge in [0, 0.05) is 0 Å². The second-order valence-corrected chi connectivity index (χ2v) is 12.5. The molecule has 0 heterocycles. The molecule has 0 bridgehead atoms. The lowest BCUT2D eigenvalue weighted by Crippen LogP contribution is -2.33. The number of nitrogens with one attached hydrogen (secondary N) is 1. The molecule has 220 valence electrons. The first-order valence-corrected chi connectivity index (χ1v) is 17.0. The van der Waals surface area contributed by atoms with Crippen LogP contribution < -0.4 is 5.32 Å². The number of hydrogen-bond donors (Lipinski definition) is 2. The van der Waals surface area contributed by atoms with Gasteiger partial charge in [-0.15, -0.1) is 0 Å². The van der Waals surface area contributed by atoms with E-state index in [2.05, 4.69) is 19.2 Å². The van der Waals surface area contributed by atoms with Gasteiger partial charge in [0.1, 0.15) is 0 Å². The summed E-state index contributed by atoms with van der Waals surface area (Å²) < 4.78 is 47.7. The van der Waals surface area contributed by atoms with E-state index < -0.39 is 15.1 Å². The van der Waals surface area contributed by atoms with E-state index in [-0.39, 0.29) is 12.8 Å². The Balaban J connectivity index is 0. The van der Waals surface area contributed by atoms with Gasteiger partial charge in [-0.3, -0.25) is 4.55 Å². The van der Waals surface area contributed by atoms with Gasteiger partial charge in [-0.05, 0) is 39.8 Å². The van der Waals surface area contributed by atoms with E-state index in [1.54, 1.807) is 0 Å². The van der Waals surface area contributed by atoms with Crippen LogP contribution in [0.3, 0.4) is 0 Å². The molecular formula is C30H64FNO3S. The highest BCUT2D eigenvalue weighted by Gasteiger charge is 2.42. The number of unbranched alkanes of at least 4 members (excludes halogenated alkanes) is 21. The summed E-state index contributed by atoms with van der Waals surface area (Å²) in [4.78, 5) is 0. The number of halogens is 1. The molecule has 0 radical (unpaired) electrons. The zero-order valence-corrected chi connectivity index (χ0v) is 25.5. The Bertz CT molecular complexity index is 530. The fourth-order valence-corrected chi connectivity index (χ4v) is 5.47. The molecule has 1 atom stereocenters. The van der Waals surface area contributed by atoms with E-state index in [0.29, 0.717) is 12.8 Å². The molecule has 36 heavy (non-hydrogen) atoms. The van der Waals surface area contributed by atoms with Crippen molar-refractivity contribution in [2.75, 3.05) is 14.1 Å². The Morgan fingerprint density at radius 3 is 0.917 bits per heavy atom. The summed E-state index contributed by atoms with van der Waals surface area (Å²) in [5.41, 5.74) is 0. The van der Waals surface area contributed by atoms with Crippen molar-refractivity contribution in [3.05, 3.63) is 0 Å². The number of rotatable bonds is 26. The predicted octanol–water partition coefficient (Wildman–Crippen LogP) is 10.2. The molecule has 0 amide bonds. The second kappa shape index (κ2) is 27.8. The zero-order valence-electron chi connectivity index (χ0n) is 24.7. The van der Waals surface area contributed by atoms with Crippen LogP contribution in [0, 0.1) is 0 Å². The molecule has 0 spiro atoms. The normalized spacial score (nSPS) is 13.3. The Hall–Kier alpha value is -0.200. The predicted molar refractivity (Wildman–Crippen MR) is 157 cm³/mol. The van der Waals surface area contributed by atoms with E-state index >= 15 is 0 Å². The maximum Gasteiger partial charge on any atom is 0.300 e. The highest BCUT2D eigenvalue weighted by atomic mass is 32.2. The van der Waals surface area contributed by atoms with Crippen molar-refractivity contribution in [3.63, 3.8) is 0 Å². The van der Waals surface area contributed by atoms with Gasteiger partial charge in [-0.1, -0.05) is 149 Å². The summed E-state index contributed by atoms with van der Waals surface area (Å²) in [5, 5.41) is 0.298. The average molecular weight is 538 g/mol. The van der Waals surface area contributed by atoms with Crippen molar-refractivity contribution in [3.8, 4) is 0 Å². The average Bonchev–Trinajstić information content (AvgIpc) is 2.83. The van der Waals surface area contributed by atoms with Crippen LogP contribution in [-0.2, 0) is 10.1 Å². The molecule has 0 aliphatic rings. The van der Waals surface area contributed by atoms with Gasteiger partial charge in [-0.2, -0.15) is 8.42 Å². The van der Waals surface area contributed by atoms with E-state index in [1.165, 1.54) is 96.3 Å². The lowest BCUT2D eigenvalue weighted by atomic mass is 10.0. The third-order valence-corrected chi connectivity index (χ3v) is 8.35. The van der Waals surface area contributed by atoms with Crippen LogP contribution in [0.25, 0.3) is 0 Å². The van der Waals surface area contributed by atoms with Crippen LogP contribution in [0.15, 0.2) is 0 Å². The molecular weight excluding hydrogens is 473 g/mol. The molecule has 0 aromatic heterocycles. The summed E-state index contributed by atoms with van der Waals surface area (Å²) in [6, 6.07) is 0. The SMILES string of the molecule is CCCCCCCCCCCCCCCCCCC(F)(CCCCCCCCC)S(=O)(=O)O.CNC. The molecule has 1 unspecified atom stereocenters. The standard InChI is InChI=1S/C28H57FO3S.C2H7N/c1-3-5-7-9-11-12-13-14-15-16-17-18-19-21-23-25-27-28(29,33(30,31)32)26-24-22-20-10-8-6-4-2;1-3-2/h3-27H2,1-2H3,(H,30,31,32);3H,1-2H3.